The van der Waals surface area contributed by atoms with Crippen LogP contribution >= 0.6 is 0 Å². The largest absolute Gasteiger partial charge is 0.313 e. The van der Waals surface area contributed by atoms with Crippen molar-refractivity contribution in [2.45, 2.75) is 58.4 Å². The Labute approximate surface area is 101 Å². The number of nitrogens with zero attached hydrogens (tertiary/aromatic N) is 1. The van der Waals surface area contributed by atoms with Gasteiger partial charge in [0.1, 0.15) is 0 Å². The van der Waals surface area contributed by atoms with E-state index >= 15 is 0 Å². The predicted molar refractivity (Wildman–Crippen MR) is 69.7 cm³/mol. The van der Waals surface area contributed by atoms with E-state index in [0.29, 0.717) is 5.41 Å². The minimum absolute atomic E-state index is 0.613. The molecule has 2 fully saturated rings. The van der Waals surface area contributed by atoms with Crippen LogP contribution in [0.2, 0.25) is 0 Å². The van der Waals surface area contributed by atoms with Crippen LogP contribution in [0.1, 0.15) is 52.4 Å². The minimum Gasteiger partial charge on any atom is -0.313 e. The van der Waals surface area contributed by atoms with E-state index in [0.717, 1.165) is 6.04 Å². The van der Waals surface area contributed by atoms with Crippen LogP contribution in [0.15, 0.2) is 0 Å². The molecule has 1 saturated carbocycles. The molecular weight excluding hydrogens is 196 g/mol. The summed E-state index contributed by atoms with van der Waals surface area (Å²) < 4.78 is 0. The molecule has 94 valence electrons. The lowest BCUT2D eigenvalue weighted by molar-refractivity contribution is 0.192. The quantitative estimate of drug-likeness (QED) is 0.790. The fraction of sp³-hybridized carbons (Fsp3) is 1.00. The molecule has 16 heavy (non-hydrogen) atoms. The highest BCUT2D eigenvalue weighted by Crippen LogP contribution is 2.36. The van der Waals surface area contributed by atoms with Crippen LogP contribution in [-0.4, -0.2) is 37.1 Å². The maximum atomic E-state index is 3.82. The second kappa shape index (κ2) is 5.50. The van der Waals surface area contributed by atoms with Crippen molar-refractivity contribution in [3.63, 3.8) is 0 Å². The zero-order valence-corrected chi connectivity index (χ0v) is 11.1. The maximum Gasteiger partial charge on any atom is 0.00916 e. The third-order valence-corrected chi connectivity index (χ3v) is 4.66. The van der Waals surface area contributed by atoms with Crippen molar-refractivity contribution in [2.24, 2.45) is 5.41 Å². The Bertz CT molecular complexity index is 201. The van der Waals surface area contributed by atoms with Crippen LogP contribution < -0.4 is 5.32 Å². The van der Waals surface area contributed by atoms with Gasteiger partial charge in [0.2, 0.25) is 0 Å². The average molecular weight is 224 g/mol. The SMILES string of the molecule is CCN1CCC(NCC2(C)CCCC2)CC1. The Morgan fingerprint density at radius 3 is 2.38 bits per heavy atom. The first-order valence-electron chi connectivity index (χ1n) is 7.18. The Hall–Kier alpha value is -0.0800. The summed E-state index contributed by atoms with van der Waals surface area (Å²) in [7, 11) is 0. The first-order valence-corrected chi connectivity index (χ1v) is 7.18. The molecule has 1 aliphatic carbocycles. The monoisotopic (exact) mass is 224 g/mol. The minimum atomic E-state index is 0.613. The fourth-order valence-electron chi connectivity index (χ4n) is 3.25. The summed E-state index contributed by atoms with van der Waals surface area (Å²) in [5.74, 6) is 0. The van der Waals surface area contributed by atoms with Crippen LogP contribution in [0.25, 0.3) is 0 Å². The lowest BCUT2D eigenvalue weighted by atomic mass is 9.88. The van der Waals surface area contributed by atoms with Gasteiger partial charge in [0.25, 0.3) is 0 Å². The molecule has 2 heteroatoms. The van der Waals surface area contributed by atoms with Gasteiger partial charge < -0.3 is 10.2 Å². The molecule has 0 bridgehead atoms. The Kier molecular flexibility index (Phi) is 4.26. The average Bonchev–Trinajstić information content (AvgIpc) is 2.75. The highest BCUT2D eigenvalue weighted by Gasteiger charge is 2.29. The molecular formula is C14H28N2. The molecule has 0 unspecified atom stereocenters. The molecule has 2 aliphatic rings. The summed E-state index contributed by atoms with van der Waals surface area (Å²) >= 11 is 0. The molecule has 0 atom stereocenters. The van der Waals surface area contributed by atoms with E-state index in [1.807, 2.05) is 0 Å². The second-order valence-electron chi connectivity index (χ2n) is 6.11. The van der Waals surface area contributed by atoms with Gasteiger partial charge >= 0.3 is 0 Å². The normalized spacial score (nSPS) is 27.4. The van der Waals surface area contributed by atoms with Crippen molar-refractivity contribution in [1.29, 1.82) is 0 Å². The van der Waals surface area contributed by atoms with Gasteiger partial charge in [0.05, 0.1) is 0 Å². The molecule has 1 saturated heterocycles. The van der Waals surface area contributed by atoms with Crippen molar-refractivity contribution in [2.75, 3.05) is 26.2 Å². The second-order valence-corrected chi connectivity index (χ2v) is 6.11. The summed E-state index contributed by atoms with van der Waals surface area (Å²) in [6, 6.07) is 0.792. The molecule has 2 rings (SSSR count). The van der Waals surface area contributed by atoms with Gasteiger partial charge in [-0.2, -0.15) is 0 Å². The van der Waals surface area contributed by atoms with Crippen LogP contribution in [0, 0.1) is 5.41 Å². The topological polar surface area (TPSA) is 15.3 Å². The van der Waals surface area contributed by atoms with Gasteiger partial charge in [-0.15, -0.1) is 0 Å². The van der Waals surface area contributed by atoms with E-state index in [4.69, 9.17) is 0 Å². The molecule has 1 N–H and O–H groups in total. The molecule has 0 aromatic heterocycles. The van der Waals surface area contributed by atoms with Gasteiger partial charge in [0.15, 0.2) is 0 Å². The molecule has 2 nitrogen and oxygen atoms in total. The highest BCUT2D eigenvalue weighted by molar-refractivity contribution is 4.85. The molecule has 1 aliphatic heterocycles. The van der Waals surface area contributed by atoms with E-state index in [9.17, 15) is 0 Å². The number of hydrogen-bond acceptors (Lipinski definition) is 2. The summed E-state index contributed by atoms with van der Waals surface area (Å²) in [6.45, 7) is 9.81. The van der Waals surface area contributed by atoms with Crippen LogP contribution in [-0.2, 0) is 0 Å². The number of piperidine rings is 1. The van der Waals surface area contributed by atoms with Gasteiger partial charge in [0, 0.05) is 12.6 Å². The number of hydrogen-bond donors (Lipinski definition) is 1. The molecule has 0 aromatic carbocycles. The lowest BCUT2D eigenvalue weighted by Gasteiger charge is -2.34. The first-order chi connectivity index (χ1) is 7.72. The zero-order valence-electron chi connectivity index (χ0n) is 11.1. The predicted octanol–water partition coefficient (Wildman–Crippen LogP) is 2.64. The van der Waals surface area contributed by atoms with Gasteiger partial charge in [-0.25, -0.2) is 0 Å². The van der Waals surface area contributed by atoms with E-state index in [-0.39, 0.29) is 0 Å². The van der Waals surface area contributed by atoms with Crippen molar-refractivity contribution in [3.8, 4) is 0 Å². The third kappa shape index (κ3) is 3.21. The zero-order chi connectivity index (χ0) is 11.4. The van der Waals surface area contributed by atoms with Crippen LogP contribution in [0.5, 0.6) is 0 Å². The van der Waals surface area contributed by atoms with E-state index in [2.05, 4.69) is 24.1 Å². The van der Waals surface area contributed by atoms with Gasteiger partial charge in [-0.1, -0.05) is 26.7 Å². The highest BCUT2D eigenvalue weighted by atomic mass is 15.1. The van der Waals surface area contributed by atoms with Crippen molar-refractivity contribution in [1.82, 2.24) is 10.2 Å². The van der Waals surface area contributed by atoms with E-state index in [1.165, 1.54) is 64.7 Å². The number of likely N-dealkylation sites (tertiary alicyclic amines) is 1. The third-order valence-electron chi connectivity index (χ3n) is 4.66. The summed E-state index contributed by atoms with van der Waals surface area (Å²) in [5.41, 5.74) is 0.613. The summed E-state index contributed by atoms with van der Waals surface area (Å²) in [5, 5.41) is 3.82. The lowest BCUT2D eigenvalue weighted by Crippen LogP contribution is -2.45. The molecule has 1 heterocycles. The van der Waals surface area contributed by atoms with Crippen molar-refractivity contribution in [3.05, 3.63) is 0 Å². The summed E-state index contributed by atoms with van der Waals surface area (Å²) in [6.07, 6.45) is 8.48. The maximum absolute atomic E-state index is 3.82. The summed E-state index contributed by atoms with van der Waals surface area (Å²) in [4.78, 5) is 2.56. The van der Waals surface area contributed by atoms with Crippen LogP contribution in [0.3, 0.4) is 0 Å². The standard InChI is InChI=1S/C14H28N2/c1-3-16-10-6-13(7-11-16)15-12-14(2)8-4-5-9-14/h13,15H,3-12H2,1-2H3. The molecule has 0 amide bonds. The smallest absolute Gasteiger partial charge is 0.00916 e. The number of rotatable bonds is 4. The molecule has 0 radical (unpaired) electrons. The Balaban J connectivity index is 1.67. The van der Waals surface area contributed by atoms with Gasteiger partial charge in [-0.3, -0.25) is 0 Å². The molecule has 0 spiro atoms. The van der Waals surface area contributed by atoms with Crippen molar-refractivity contribution < 1.29 is 0 Å². The van der Waals surface area contributed by atoms with E-state index < -0.39 is 0 Å². The first kappa shape index (κ1) is 12.4. The Morgan fingerprint density at radius 2 is 1.81 bits per heavy atom. The van der Waals surface area contributed by atoms with Crippen LogP contribution in [0.4, 0.5) is 0 Å². The van der Waals surface area contributed by atoms with Gasteiger partial charge in [-0.05, 0) is 50.7 Å². The Morgan fingerprint density at radius 1 is 1.19 bits per heavy atom. The fourth-order valence-corrected chi connectivity index (χ4v) is 3.25. The molecule has 0 aromatic rings. The van der Waals surface area contributed by atoms with Crippen molar-refractivity contribution >= 4 is 0 Å². The van der Waals surface area contributed by atoms with E-state index in [1.54, 1.807) is 0 Å². The number of nitrogens with one attached hydrogen (secondary N) is 1.